The number of hydrogen-bond acceptors (Lipinski definition) is 1. The average molecular weight is 209 g/mol. The smallest absolute Gasteiger partial charge is 0.134 e. The number of halogens is 3. The lowest BCUT2D eigenvalue weighted by molar-refractivity contribution is 0.625. The number of benzene rings is 1. The molecule has 0 aliphatic heterocycles. The first-order valence-electron chi connectivity index (χ1n) is 2.90. The summed E-state index contributed by atoms with van der Waals surface area (Å²) in [5.41, 5.74) is 5.11. The summed E-state index contributed by atoms with van der Waals surface area (Å²) in [4.78, 5) is 0. The Hall–Kier alpha value is -0.800. The second-order valence-electron chi connectivity index (χ2n) is 2.04. The highest BCUT2D eigenvalue weighted by molar-refractivity contribution is 6.31. The van der Waals surface area contributed by atoms with Crippen LogP contribution < -0.4 is 5.73 Å². The highest BCUT2D eigenvalue weighted by Gasteiger charge is 2.04. The van der Waals surface area contributed by atoms with Crippen LogP contribution >= 0.6 is 24.0 Å². The lowest BCUT2D eigenvalue weighted by Crippen LogP contribution is -2.12. The van der Waals surface area contributed by atoms with E-state index in [1.54, 1.807) is 0 Å². The quantitative estimate of drug-likeness (QED) is 0.540. The van der Waals surface area contributed by atoms with Gasteiger partial charge in [-0.05, 0) is 18.2 Å². The van der Waals surface area contributed by atoms with Crippen LogP contribution in [0.1, 0.15) is 5.56 Å². The van der Waals surface area contributed by atoms with Crippen LogP contribution in [0.3, 0.4) is 0 Å². The molecule has 1 aromatic carbocycles. The van der Waals surface area contributed by atoms with Crippen molar-refractivity contribution in [2.24, 2.45) is 5.73 Å². The zero-order valence-corrected chi connectivity index (χ0v) is 7.55. The SMILES string of the molecule is Cl.N=C(N)c1cc(Cl)ccc1F. The molecule has 12 heavy (non-hydrogen) atoms. The Morgan fingerprint density at radius 3 is 2.50 bits per heavy atom. The fourth-order valence-corrected chi connectivity index (χ4v) is 0.876. The van der Waals surface area contributed by atoms with Gasteiger partial charge in [0.05, 0.1) is 5.56 Å². The molecule has 0 spiro atoms. The van der Waals surface area contributed by atoms with Crippen molar-refractivity contribution in [1.82, 2.24) is 0 Å². The highest BCUT2D eigenvalue weighted by atomic mass is 35.5. The minimum Gasteiger partial charge on any atom is -0.384 e. The second kappa shape index (κ2) is 4.28. The highest BCUT2D eigenvalue weighted by Crippen LogP contribution is 2.13. The first-order valence-corrected chi connectivity index (χ1v) is 3.28. The van der Waals surface area contributed by atoms with Crippen LogP contribution in [-0.4, -0.2) is 5.84 Å². The van der Waals surface area contributed by atoms with Crippen LogP contribution in [0.4, 0.5) is 4.39 Å². The fourth-order valence-electron chi connectivity index (χ4n) is 0.704. The molecule has 0 aromatic heterocycles. The van der Waals surface area contributed by atoms with Gasteiger partial charge in [-0.25, -0.2) is 4.39 Å². The fraction of sp³-hybridized carbons (Fsp3) is 0. The Balaban J connectivity index is 0.00000121. The minimum absolute atomic E-state index is 0. The number of nitrogen functional groups attached to an aromatic ring is 1. The van der Waals surface area contributed by atoms with E-state index in [4.69, 9.17) is 22.7 Å². The number of hydrogen-bond donors (Lipinski definition) is 2. The van der Waals surface area contributed by atoms with Crippen molar-refractivity contribution in [3.8, 4) is 0 Å². The van der Waals surface area contributed by atoms with Crippen LogP contribution in [0.5, 0.6) is 0 Å². The molecule has 0 saturated carbocycles. The van der Waals surface area contributed by atoms with Gasteiger partial charge in [0.2, 0.25) is 0 Å². The summed E-state index contributed by atoms with van der Waals surface area (Å²) < 4.78 is 12.7. The van der Waals surface area contributed by atoms with Crippen molar-refractivity contribution in [1.29, 1.82) is 5.41 Å². The van der Waals surface area contributed by atoms with Crippen molar-refractivity contribution < 1.29 is 4.39 Å². The Morgan fingerprint density at radius 1 is 1.50 bits per heavy atom. The topological polar surface area (TPSA) is 49.9 Å². The Morgan fingerprint density at radius 2 is 2.08 bits per heavy atom. The molecule has 5 heteroatoms. The molecule has 66 valence electrons. The van der Waals surface area contributed by atoms with Crippen LogP contribution in [0.2, 0.25) is 5.02 Å². The van der Waals surface area contributed by atoms with Crippen molar-refractivity contribution >= 4 is 29.8 Å². The standard InChI is InChI=1S/C7H6ClFN2.ClH/c8-4-1-2-6(9)5(3-4)7(10)11;/h1-3H,(H3,10,11);1H. The molecule has 0 heterocycles. The molecule has 0 bridgehead atoms. The maximum atomic E-state index is 12.7. The number of nitrogens with two attached hydrogens (primary N) is 1. The summed E-state index contributed by atoms with van der Waals surface area (Å²) in [7, 11) is 0. The molecule has 0 fully saturated rings. The molecule has 2 nitrogen and oxygen atoms in total. The van der Waals surface area contributed by atoms with E-state index in [0.717, 1.165) is 0 Å². The lowest BCUT2D eigenvalue weighted by atomic mass is 10.2. The first-order chi connectivity index (χ1) is 5.11. The van der Waals surface area contributed by atoms with Gasteiger partial charge in [-0.3, -0.25) is 5.41 Å². The van der Waals surface area contributed by atoms with E-state index in [1.165, 1.54) is 18.2 Å². The number of rotatable bonds is 1. The van der Waals surface area contributed by atoms with Gasteiger partial charge >= 0.3 is 0 Å². The average Bonchev–Trinajstić information content (AvgIpc) is 1.94. The van der Waals surface area contributed by atoms with Crippen LogP contribution in [0.15, 0.2) is 18.2 Å². The third-order valence-corrected chi connectivity index (χ3v) is 1.45. The predicted octanol–water partition coefficient (Wildman–Crippen LogP) is 2.18. The maximum Gasteiger partial charge on any atom is 0.134 e. The second-order valence-corrected chi connectivity index (χ2v) is 2.47. The summed E-state index contributed by atoms with van der Waals surface area (Å²) in [6.45, 7) is 0. The molecular formula is C7H7Cl2FN2. The monoisotopic (exact) mass is 208 g/mol. The summed E-state index contributed by atoms with van der Waals surface area (Å²) in [6, 6.07) is 3.90. The molecule has 0 aliphatic rings. The van der Waals surface area contributed by atoms with Gasteiger partial charge in [-0.1, -0.05) is 11.6 Å². The molecule has 0 aliphatic carbocycles. The van der Waals surface area contributed by atoms with Gasteiger partial charge < -0.3 is 5.73 Å². The van der Waals surface area contributed by atoms with E-state index in [2.05, 4.69) is 0 Å². The minimum atomic E-state index is -0.526. The third kappa shape index (κ3) is 2.36. The lowest BCUT2D eigenvalue weighted by Gasteiger charge is -1.99. The van der Waals surface area contributed by atoms with Gasteiger partial charge in [0.15, 0.2) is 0 Å². The normalized spacial score (nSPS) is 8.83. The molecule has 0 saturated heterocycles. The molecule has 0 atom stereocenters. The molecule has 1 aromatic rings. The predicted molar refractivity (Wildman–Crippen MR) is 49.7 cm³/mol. The summed E-state index contributed by atoms with van der Waals surface area (Å²) in [6.07, 6.45) is 0. The van der Waals surface area contributed by atoms with Crippen molar-refractivity contribution in [2.75, 3.05) is 0 Å². The van der Waals surface area contributed by atoms with Crippen LogP contribution in [0, 0.1) is 11.2 Å². The molecule has 0 radical (unpaired) electrons. The van der Waals surface area contributed by atoms with Gasteiger partial charge in [0.25, 0.3) is 0 Å². The van der Waals surface area contributed by atoms with Crippen LogP contribution in [0.25, 0.3) is 0 Å². The van der Waals surface area contributed by atoms with E-state index < -0.39 is 5.82 Å². The van der Waals surface area contributed by atoms with Crippen LogP contribution in [-0.2, 0) is 0 Å². The van der Waals surface area contributed by atoms with E-state index in [0.29, 0.717) is 5.02 Å². The largest absolute Gasteiger partial charge is 0.384 e. The summed E-state index contributed by atoms with van der Waals surface area (Å²) in [5.74, 6) is -0.841. The molecular weight excluding hydrogens is 202 g/mol. The third-order valence-electron chi connectivity index (χ3n) is 1.22. The van der Waals surface area contributed by atoms with Crippen molar-refractivity contribution in [3.63, 3.8) is 0 Å². The number of nitrogens with one attached hydrogen (secondary N) is 1. The first kappa shape index (κ1) is 11.2. The molecule has 1 rings (SSSR count). The Kier molecular flexibility index (Phi) is 4.00. The maximum absolute atomic E-state index is 12.7. The molecule has 3 N–H and O–H groups in total. The van der Waals surface area contributed by atoms with Crippen molar-refractivity contribution in [3.05, 3.63) is 34.6 Å². The van der Waals surface area contributed by atoms with E-state index in [-0.39, 0.29) is 23.8 Å². The van der Waals surface area contributed by atoms with Gasteiger partial charge in [0.1, 0.15) is 11.7 Å². The number of amidine groups is 1. The van der Waals surface area contributed by atoms with Gasteiger partial charge in [0, 0.05) is 5.02 Å². The van der Waals surface area contributed by atoms with E-state index >= 15 is 0 Å². The van der Waals surface area contributed by atoms with E-state index in [1.807, 2.05) is 0 Å². The Bertz CT molecular complexity index is 301. The zero-order valence-electron chi connectivity index (χ0n) is 5.97. The van der Waals surface area contributed by atoms with Crippen molar-refractivity contribution in [2.45, 2.75) is 0 Å². The van der Waals surface area contributed by atoms with E-state index in [9.17, 15) is 4.39 Å². The Labute approximate surface area is 80.4 Å². The van der Waals surface area contributed by atoms with Gasteiger partial charge in [-0.15, -0.1) is 12.4 Å². The summed E-state index contributed by atoms with van der Waals surface area (Å²) >= 11 is 5.54. The summed E-state index contributed by atoms with van der Waals surface area (Å²) in [5, 5.41) is 7.32. The van der Waals surface area contributed by atoms with Gasteiger partial charge in [-0.2, -0.15) is 0 Å². The molecule has 0 unspecified atom stereocenters. The zero-order chi connectivity index (χ0) is 8.43. The molecule has 0 amide bonds.